The molecule has 0 radical (unpaired) electrons. The van der Waals surface area contributed by atoms with Crippen molar-refractivity contribution in [2.75, 3.05) is 0 Å². The summed E-state index contributed by atoms with van der Waals surface area (Å²) in [5, 5.41) is 0. The van der Waals surface area contributed by atoms with Gasteiger partial charge in [-0.1, -0.05) is 38.0 Å². The summed E-state index contributed by atoms with van der Waals surface area (Å²) in [7, 11) is 0. The Morgan fingerprint density at radius 3 is 2.58 bits per heavy atom. The van der Waals surface area contributed by atoms with Gasteiger partial charge in [0.15, 0.2) is 0 Å². The fraction of sp³-hybridized carbons (Fsp3) is 0.357. The summed E-state index contributed by atoms with van der Waals surface area (Å²) in [6.45, 7) is 2.04. The Balaban J connectivity index is 3.05. The second-order valence-corrected chi connectivity index (χ2v) is 4.21. The van der Waals surface area contributed by atoms with Crippen LogP contribution in [0.1, 0.15) is 47.7 Å². The molecule has 1 aromatic rings. The average molecular weight is 271 g/mol. The Kier molecular flexibility index (Phi) is 5.15. The third-order valence-electron chi connectivity index (χ3n) is 2.67. The highest BCUT2D eigenvalue weighted by Crippen LogP contribution is 2.30. The zero-order valence-electron chi connectivity index (χ0n) is 10.6. The minimum Gasteiger partial charge on any atom is -0.366 e. The molecule has 0 unspecified atom stereocenters. The van der Waals surface area contributed by atoms with Crippen molar-refractivity contribution in [3.63, 3.8) is 0 Å². The lowest BCUT2D eigenvalue weighted by Crippen LogP contribution is -2.15. The van der Waals surface area contributed by atoms with E-state index in [2.05, 4.69) is 0 Å². The first-order valence-corrected chi connectivity index (χ1v) is 6.04. The fourth-order valence-electron chi connectivity index (χ4n) is 1.62. The highest BCUT2D eigenvalue weighted by atomic mass is 19.4. The smallest absolute Gasteiger partial charge is 0.366 e. The van der Waals surface area contributed by atoms with Crippen molar-refractivity contribution in [2.24, 2.45) is 5.73 Å². The Morgan fingerprint density at radius 2 is 2.05 bits per heavy atom. The number of rotatable bonds is 5. The molecule has 0 aliphatic heterocycles. The minimum atomic E-state index is -4.48. The van der Waals surface area contributed by atoms with Gasteiger partial charge in [0, 0.05) is 5.56 Å². The van der Waals surface area contributed by atoms with E-state index in [0.717, 1.165) is 31.4 Å². The second kappa shape index (κ2) is 6.41. The first kappa shape index (κ1) is 15.3. The molecular formula is C14H16F3NO. The van der Waals surface area contributed by atoms with E-state index in [4.69, 9.17) is 5.73 Å². The molecule has 0 aliphatic rings. The van der Waals surface area contributed by atoms with Crippen LogP contribution in [0.4, 0.5) is 13.2 Å². The zero-order chi connectivity index (χ0) is 14.5. The minimum absolute atomic E-state index is 0.109. The molecule has 1 aromatic carbocycles. The van der Waals surface area contributed by atoms with Crippen LogP contribution in [0.15, 0.2) is 24.3 Å². The molecular weight excluding hydrogens is 255 g/mol. The third-order valence-corrected chi connectivity index (χ3v) is 2.67. The predicted octanol–water partition coefficient (Wildman–Crippen LogP) is 4.01. The van der Waals surface area contributed by atoms with Crippen LogP contribution in [0.25, 0.3) is 6.08 Å². The molecule has 1 rings (SSSR count). The number of unbranched alkanes of at least 4 members (excludes halogenated alkanes) is 2. The molecule has 0 heterocycles. The molecule has 0 aromatic heterocycles. The van der Waals surface area contributed by atoms with Gasteiger partial charge in [-0.05, 0) is 24.1 Å². The quantitative estimate of drug-likeness (QED) is 0.808. The van der Waals surface area contributed by atoms with Gasteiger partial charge in [-0.2, -0.15) is 13.2 Å². The van der Waals surface area contributed by atoms with Crippen LogP contribution in [-0.2, 0) is 6.18 Å². The van der Waals surface area contributed by atoms with E-state index in [1.54, 1.807) is 6.08 Å². The molecule has 0 bridgehead atoms. The number of alkyl halides is 3. The van der Waals surface area contributed by atoms with E-state index in [9.17, 15) is 18.0 Å². The summed E-state index contributed by atoms with van der Waals surface area (Å²) in [5.41, 5.74) is 4.55. The van der Waals surface area contributed by atoms with Crippen molar-refractivity contribution < 1.29 is 18.0 Å². The van der Waals surface area contributed by atoms with E-state index in [1.807, 2.05) is 13.0 Å². The van der Waals surface area contributed by atoms with Crippen molar-refractivity contribution in [1.82, 2.24) is 0 Å². The number of hydrogen-bond acceptors (Lipinski definition) is 1. The predicted molar refractivity (Wildman–Crippen MR) is 68.5 cm³/mol. The number of nitrogens with two attached hydrogens (primary N) is 1. The van der Waals surface area contributed by atoms with Gasteiger partial charge in [0.05, 0.1) is 5.56 Å². The Labute approximate surface area is 110 Å². The van der Waals surface area contributed by atoms with Gasteiger partial charge < -0.3 is 5.73 Å². The Bertz CT molecular complexity index is 478. The van der Waals surface area contributed by atoms with Gasteiger partial charge in [-0.25, -0.2) is 0 Å². The van der Waals surface area contributed by atoms with Gasteiger partial charge in [0.25, 0.3) is 0 Å². The summed E-state index contributed by atoms with van der Waals surface area (Å²) < 4.78 is 37.6. The van der Waals surface area contributed by atoms with Crippen molar-refractivity contribution in [2.45, 2.75) is 32.4 Å². The molecule has 0 aliphatic carbocycles. The average Bonchev–Trinajstić information content (AvgIpc) is 2.33. The number of carbonyl (C=O) groups excluding carboxylic acids is 1. The lowest BCUT2D eigenvalue weighted by Gasteiger charge is -2.09. The zero-order valence-corrected chi connectivity index (χ0v) is 10.6. The van der Waals surface area contributed by atoms with Gasteiger partial charge in [-0.3, -0.25) is 4.79 Å². The number of carbonyl (C=O) groups is 1. The standard InChI is InChI=1S/C14H16F3NO/c1-2-3-4-5-6-10-7-8-11(14(15,16)17)9-12(10)13(18)19/h5-9H,2-4H2,1H3,(H2,18,19). The number of allylic oxidation sites excluding steroid dienone is 1. The molecule has 0 atom stereocenters. The first-order valence-electron chi connectivity index (χ1n) is 6.04. The van der Waals surface area contributed by atoms with Crippen LogP contribution >= 0.6 is 0 Å². The maximum absolute atomic E-state index is 12.5. The molecule has 2 nitrogen and oxygen atoms in total. The summed E-state index contributed by atoms with van der Waals surface area (Å²) in [5.74, 6) is -0.860. The molecule has 0 saturated carbocycles. The van der Waals surface area contributed by atoms with Gasteiger partial charge >= 0.3 is 6.18 Å². The van der Waals surface area contributed by atoms with Crippen LogP contribution in [0, 0.1) is 0 Å². The highest BCUT2D eigenvalue weighted by Gasteiger charge is 2.31. The monoisotopic (exact) mass is 271 g/mol. The molecule has 1 amide bonds. The summed E-state index contributed by atoms with van der Waals surface area (Å²) in [6, 6.07) is 3.01. The SMILES string of the molecule is CCCCC=Cc1ccc(C(F)(F)F)cc1C(N)=O. The second-order valence-electron chi connectivity index (χ2n) is 4.21. The maximum Gasteiger partial charge on any atom is 0.416 e. The van der Waals surface area contributed by atoms with Crippen LogP contribution in [-0.4, -0.2) is 5.91 Å². The summed E-state index contributed by atoms with van der Waals surface area (Å²) in [4.78, 5) is 11.2. The number of benzene rings is 1. The van der Waals surface area contributed by atoms with Gasteiger partial charge in [0.1, 0.15) is 0 Å². The Hall–Kier alpha value is -1.78. The van der Waals surface area contributed by atoms with Crippen LogP contribution in [0.2, 0.25) is 0 Å². The highest BCUT2D eigenvalue weighted by molar-refractivity contribution is 5.96. The van der Waals surface area contributed by atoms with E-state index in [0.29, 0.717) is 5.56 Å². The van der Waals surface area contributed by atoms with Gasteiger partial charge in [-0.15, -0.1) is 0 Å². The first-order chi connectivity index (χ1) is 8.86. The number of primary amides is 1. The Morgan fingerprint density at radius 1 is 1.37 bits per heavy atom. The van der Waals surface area contributed by atoms with E-state index in [-0.39, 0.29) is 5.56 Å². The topological polar surface area (TPSA) is 43.1 Å². The molecule has 5 heteroatoms. The maximum atomic E-state index is 12.5. The lowest BCUT2D eigenvalue weighted by molar-refractivity contribution is -0.137. The third kappa shape index (κ3) is 4.43. The number of halogens is 3. The van der Waals surface area contributed by atoms with Crippen molar-refractivity contribution in [3.8, 4) is 0 Å². The number of hydrogen-bond donors (Lipinski definition) is 1. The van der Waals surface area contributed by atoms with Crippen molar-refractivity contribution in [1.29, 1.82) is 0 Å². The lowest BCUT2D eigenvalue weighted by atomic mass is 10.0. The molecule has 0 saturated heterocycles. The van der Waals surface area contributed by atoms with Crippen LogP contribution in [0.5, 0.6) is 0 Å². The molecule has 19 heavy (non-hydrogen) atoms. The van der Waals surface area contributed by atoms with Gasteiger partial charge in [0.2, 0.25) is 5.91 Å². The molecule has 104 valence electrons. The molecule has 2 N–H and O–H groups in total. The van der Waals surface area contributed by atoms with Crippen molar-refractivity contribution in [3.05, 3.63) is 41.0 Å². The summed E-state index contributed by atoms with van der Waals surface area (Å²) >= 11 is 0. The van der Waals surface area contributed by atoms with E-state index in [1.165, 1.54) is 6.07 Å². The van der Waals surface area contributed by atoms with Crippen molar-refractivity contribution >= 4 is 12.0 Å². The molecule has 0 fully saturated rings. The van der Waals surface area contributed by atoms with E-state index < -0.39 is 17.6 Å². The largest absolute Gasteiger partial charge is 0.416 e. The fourth-order valence-corrected chi connectivity index (χ4v) is 1.62. The van der Waals surface area contributed by atoms with Crippen LogP contribution in [0.3, 0.4) is 0 Å². The van der Waals surface area contributed by atoms with Crippen LogP contribution < -0.4 is 5.73 Å². The summed E-state index contributed by atoms with van der Waals surface area (Å²) in [6.07, 6.45) is 1.82. The number of amides is 1. The normalized spacial score (nSPS) is 12.0. The molecule has 0 spiro atoms. The van der Waals surface area contributed by atoms with E-state index >= 15 is 0 Å².